The van der Waals surface area contributed by atoms with Gasteiger partial charge in [0.1, 0.15) is 5.56 Å². The normalized spacial score (nSPS) is 11.6. The van der Waals surface area contributed by atoms with Crippen LogP contribution in [0.4, 0.5) is 22.0 Å². The zero-order valence-electron chi connectivity index (χ0n) is 10.4. The van der Waals surface area contributed by atoms with Crippen molar-refractivity contribution < 1.29 is 36.2 Å². The Morgan fingerprint density at radius 3 is 2.40 bits per heavy atom. The van der Waals surface area contributed by atoms with Crippen molar-refractivity contribution in [2.45, 2.75) is 19.5 Å². The fourth-order valence-electron chi connectivity index (χ4n) is 1.45. The van der Waals surface area contributed by atoms with Crippen LogP contribution in [0, 0.1) is 0 Å². The number of alkyl halides is 5. The number of esters is 1. The van der Waals surface area contributed by atoms with Crippen LogP contribution in [0.1, 0.15) is 35.0 Å². The summed E-state index contributed by atoms with van der Waals surface area (Å²) >= 11 is 0. The Labute approximate surface area is 110 Å². The summed E-state index contributed by atoms with van der Waals surface area (Å²) in [5.74, 6) is -2.21. The van der Waals surface area contributed by atoms with Crippen molar-refractivity contribution >= 4 is 5.97 Å². The third-order valence-corrected chi connectivity index (χ3v) is 2.21. The maximum Gasteiger partial charge on any atom is 0.422 e. The number of methoxy groups -OCH3 is 1. The smallest absolute Gasteiger partial charge is 0.422 e. The van der Waals surface area contributed by atoms with Crippen LogP contribution >= 0.6 is 0 Å². The molecule has 0 amide bonds. The first kappa shape index (κ1) is 16.1. The lowest BCUT2D eigenvalue weighted by molar-refractivity contribution is -0.141. The van der Waals surface area contributed by atoms with E-state index in [9.17, 15) is 26.7 Å². The van der Waals surface area contributed by atoms with Gasteiger partial charge in [0.25, 0.3) is 6.43 Å². The van der Waals surface area contributed by atoms with Crippen molar-refractivity contribution in [3.63, 3.8) is 0 Å². The Bertz CT molecular complexity index is 502. The molecule has 0 aliphatic carbocycles. The molecule has 9 heteroatoms. The van der Waals surface area contributed by atoms with Crippen molar-refractivity contribution in [2.24, 2.45) is 0 Å². The summed E-state index contributed by atoms with van der Waals surface area (Å²) in [6.45, 7) is 1.38. The van der Waals surface area contributed by atoms with Crippen LogP contribution < -0.4 is 4.74 Å². The van der Waals surface area contributed by atoms with E-state index in [1.54, 1.807) is 0 Å². The number of pyridine rings is 1. The minimum absolute atomic E-state index is 0.0755. The van der Waals surface area contributed by atoms with E-state index in [4.69, 9.17) is 0 Å². The molecule has 0 N–H and O–H groups in total. The first-order valence-electron chi connectivity index (χ1n) is 5.33. The molecule has 0 saturated carbocycles. The Balaban J connectivity index is 3.51. The standard InChI is InChI=1S/C11H10F5NO3/c1-3-20-10(18)6-4-5(8(12)13)7(11(14,15)16)9(17-6)19-2/h4,8H,3H2,1-2H3. The Hall–Kier alpha value is -1.93. The average molecular weight is 299 g/mol. The van der Waals surface area contributed by atoms with Gasteiger partial charge in [-0.15, -0.1) is 0 Å². The van der Waals surface area contributed by atoms with Crippen LogP contribution in [0.5, 0.6) is 5.88 Å². The summed E-state index contributed by atoms with van der Waals surface area (Å²) in [6, 6.07) is 0.355. The molecule has 0 radical (unpaired) electrons. The van der Waals surface area contributed by atoms with Crippen molar-refractivity contribution in [3.8, 4) is 5.88 Å². The molecule has 112 valence electrons. The van der Waals surface area contributed by atoms with Crippen LogP contribution in [0.3, 0.4) is 0 Å². The van der Waals surface area contributed by atoms with Crippen LogP contribution in [0.25, 0.3) is 0 Å². The summed E-state index contributed by atoms with van der Waals surface area (Å²) in [6.07, 6.45) is -8.53. The van der Waals surface area contributed by atoms with Gasteiger partial charge in [-0.3, -0.25) is 0 Å². The minimum atomic E-state index is -5.09. The van der Waals surface area contributed by atoms with Crippen molar-refractivity contribution in [1.29, 1.82) is 0 Å². The fourth-order valence-corrected chi connectivity index (χ4v) is 1.45. The van der Waals surface area contributed by atoms with Crippen LogP contribution in [-0.2, 0) is 10.9 Å². The number of aromatic nitrogens is 1. The largest absolute Gasteiger partial charge is 0.481 e. The van der Waals surface area contributed by atoms with E-state index in [1.807, 2.05) is 0 Å². The second kappa shape index (κ2) is 6.02. The van der Waals surface area contributed by atoms with E-state index in [0.29, 0.717) is 6.07 Å². The Kier molecular flexibility index (Phi) is 4.85. The van der Waals surface area contributed by atoms with Crippen LogP contribution in [0.15, 0.2) is 6.07 Å². The third kappa shape index (κ3) is 3.34. The predicted molar refractivity (Wildman–Crippen MR) is 56.7 cm³/mol. The first-order chi connectivity index (χ1) is 9.22. The summed E-state index contributed by atoms with van der Waals surface area (Å²) in [4.78, 5) is 14.7. The predicted octanol–water partition coefficient (Wildman–Crippen LogP) is 3.22. The maximum atomic E-state index is 12.8. The molecule has 0 aromatic carbocycles. The second-order valence-electron chi connectivity index (χ2n) is 3.50. The molecule has 0 spiro atoms. The number of hydrogen-bond acceptors (Lipinski definition) is 4. The second-order valence-corrected chi connectivity index (χ2v) is 3.50. The molecule has 0 bridgehead atoms. The lowest BCUT2D eigenvalue weighted by atomic mass is 10.1. The summed E-state index contributed by atoms with van der Waals surface area (Å²) < 4.78 is 72.7. The molecular weight excluding hydrogens is 289 g/mol. The molecular formula is C11H10F5NO3. The molecule has 1 aromatic heterocycles. The van der Waals surface area contributed by atoms with Gasteiger partial charge >= 0.3 is 12.1 Å². The monoisotopic (exact) mass is 299 g/mol. The third-order valence-electron chi connectivity index (χ3n) is 2.21. The van der Waals surface area contributed by atoms with E-state index in [0.717, 1.165) is 7.11 Å². The molecule has 0 aliphatic heterocycles. The summed E-state index contributed by atoms with van der Waals surface area (Å²) in [5, 5.41) is 0. The van der Waals surface area contributed by atoms with Gasteiger partial charge in [-0.2, -0.15) is 13.2 Å². The van der Waals surface area contributed by atoms with Crippen LogP contribution in [0.2, 0.25) is 0 Å². The zero-order valence-corrected chi connectivity index (χ0v) is 10.4. The Morgan fingerprint density at radius 1 is 1.40 bits per heavy atom. The SMILES string of the molecule is CCOC(=O)c1cc(C(F)F)c(C(F)(F)F)c(OC)n1. The van der Waals surface area contributed by atoms with E-state index >= 15 is 0 Å². The van der Waals surface area contributed by atoms with Gasteiger partial charge in [-0.1, -0.05) is 0 Å². The number of hydrogen-bond donors (Lipinski definition) is 0. The van der Waals surface area contributed by atoms with E-state index in [2.05, 4.69) is 14.5 Å². The van der Waals surface area contributed by atoms with Crippen molar-refractivity contribution in [3.05, 3.63) is 22.9 Å². The van der Waals surface area contributed by atoms with Crippen molar-refractivity contribution in [2.75, 3.05) is 13.7 Å². The van der Waals surface area contributed by atoms with Gasteiger partial charge in [0, 0.05) is 5.56 Å². The average Bonchev–Trinajstić information content (AvgIpc) is 2.36. The van der Waals surface area contributed by atoms with Crippen molar-refractivity contribution in [1.82, 2.24) is 4.98 Å². The highest BCUT2D eigenvalue weighted by Crippen LogP contribution is 2.41. The highest BCUT2D eigenvalue weighted by molar-refractivity contribution is 5.87. The fraction of sp³-hybridized carbons (Fsp3) is 0.455. The molecule has 1 rings (SSSR count). The molecule has 20 heavy (non-hydrogen) atoms. The molecule has 1 heterocycles. The number of ether oxygens (including phenoxy) is 2. The van der Waals surface area contributed by atoms with Gasteiger partial charge in [0.05, 0.1) is 13.7 Å². The van der Waals surface area contributed by atoms with Gasteiger partial charge in [0.15, 0.2) is 5.69 Å². The maximum absolute atomic E-state index is 12.8. The number of nitrogens with zero attached hydrogens (tertiary/aromatic N) is 1. The molecule has 0 fully saturated rings. The van der Waals surface area contributed by atoms with E-state index in [-0.39, 0.29) is 6.61 Å². The number of halogens is 5. The van der Waals surface area contributed by atoms with Gasteiger partial charge in [-0.25, -0.2) is 18.6 Å². The molecule has 1 aromatic rings. The minimum Gasteiger partial charge on any atom is -0.481 e. The highest BCUT2D eigenvalue weighted by atomic mass is 19.4. The number of carbonyl (C=O) groups excluding carboxylic acids is 1. The number of carbonyl (C=O) groups is 1. The van der Waals surface area contributed by atoms with E-state index in [1.165, 1.54) is 6.92 Å². The lowest BCUT2D eigenvalue weighted by Gasteiger charge is -2.16. The molecule has 0 atom stereocenters. The molecule has 0 saturated heterocycles. The number of rotatable bonds is 4. The van der Waals surface area contributed by atoms with Gasteiger partial charge in [0.2, 0.25) is 5.88 Å². The lowest BCUT2D eigenvalue weighted by Crippen LogP contribution is -2.16. The summed E-state index contributed by atoms with van der Waals surface area (Å²) in [5.41, 5.74) is -3.76. The van der Waals surface area contributed by atoms with Gasteiger partial charge < -0.3 is 9.47 Å². The summed E-state index contributed by atoms with van der Waals surface area (Å²) in [7, 11) is 0.835. The topological polar surface area (TPSA) is 48.4 Å². The van der Waals surface area contributed by atoms with Gasteiger partial charge in [-0.05, 0) is 13.0 Å². The first-order valence-corrected chi connectivity index (χ1v) is 5.33. The highest BCUT2D eigenvalue weighted by Gasteiger charge is 2.41. The molecule has 0 aliphatic rings. The molecule has 4 nitrogen and oxygen atoms in total. The zero-order chi connectivity index (χ0) is 15.5. The quantitative estimate of drug-likeness (QED) is 0.632. The van der Waals surface area contributed by atoms with E-state index < -0.39 is 41.3 Å². The Morgan fingerprint density at radius 2 is 2.00 bits per heavy atom. The van der Waals surface area contributed by atoms with Crippen LogP contribution in [-0.4, -0.2) is 24.7 Å². The molecule has 0 unspecified atom stereocenters.